The largest absolute Gasteiger partial charge is 0.478 e. The van der Waals surface area contributed by atoms with E-state index in [2.05, 4.69) is 4.74 Å². The van der Waals surface area contributed by atoms with E-state index in [0.29, 0.717) is 5.56 Å². The average Bonchev–Trinajstić information content (AvgIpc) is 2.37. The molecule has 0 amide bonds. The third-order valence-corrected chi connectivity index (χ3v) is 3.07. The van der Waals surface area contributed by atoms with Crippen molar-refractivity contribution in [3.63, 3.8) is 0 Å². The van der Waals surface area contributed by atoms with Gasteiger partial charge in [-0.3, -0.25) is 0 Å². The maximum atomic E-state index is 12.4. The number of hydrogen-bond donors (Lipinski definition) is 1. The highest BCUT2D eigenvalue weighted by Crippen LogP contribution is 2.30. The van der Waals surface area contributed by atoms with Crippen LogP contribution in [0.25, 0.3) is 11.1 Å². The van der Waals surface area contributed by atoms with Gasteiger partial charge in [-0.1, -0.05) is 23.8 Å². The van der Waals surface area contributed by atoms with Crippen LogP contribution in [0.15, 0.2) is 36.4 Å². The van der Waals surface area contributed by atoms with Crippen LogP contribution in [-0.2, 0) is 0 Å². The molecule has 2 aromatic carbocycles. The molecule has 5 heteroatoms. The molecule has 0 aliphatic rings. The van der Waals surface area contributed by atoms with Crippen molar-refractivity contribution in [2.24, 2.45) is 0 Å². The lowest BCUT2D eigenvalue weighted by Gasteiger charge is -2.11. The van der Waals surface area contributed by atoms with E-state index >= 15 is 0 Å². The second-order valence-corrected chi connectivity index (χ2v) is 4.75. The molecule has 0 unspecified atom stereocenters. The summed E-state index contributed by atoms with van der Waals surface area (Å²) in [6.07, 6.45) is 0. The summed E-state index contributed by atoms with van der Waals surface area (Å²) in [5.41, 5.74) is 3.21. The van der Waals surface area contributed by atoms with Gasteiger partial charge in [-0.15, -0.1) is 0 Å². The van der Waals surface area contributed by atoms with E-state index in [4.69, 9.17) is 5.11 Å². The Morgan fingerprint density at radius 2 is 1.86 bits per heavy atom. The molecule has 3 nitrogen and oxygen atoms in total. The smallest absolute Gasteiger partial charge is 0.387 e. The van der Waals surface area contributed by atoms with Crippen molar-refractivity contribution in [1.82, 2.24) is 0 Å². The molecule has 2 rings (SSSR count). The van der Waals surface area contributed by atoms with Gasteiger partial charge in [-0.25, -0.2) is 4.79 Å². The molecule has 0 bridgehead atoms. The standard InChI is InChI=1S/C16H14F2O3/c1-9-3-4-14(10(2)5-9)11-6-12(15(19)20)8-13(7-11)21-16(17)18/h3-8,16H,1-2H3,(H,19,20). The molecule has 0 aliphatic carbocycles. The van der Waals surface area contributed by atoms with Gasteiger partial charge in [-0.05, 0) is 48.7 Å². The highest BCUT2D eigenvalue weighted by atomic mass is 19.3. The predicted molar refractivity (Wildman–Crippen MR) is 74.9 cm³/mol. The van der Waals surface area contributed by atoms with Crippen LogP contribution in [0.2, 0.25) is 0 Å². The van der Waals surface area contributed by atoms with Crippen molar-refractivity contribution in [2.45, 2.75) is 20.5 Å². The van der Waals surface area contributed by atoms with Gasteiger partial charge in [-0.2, -0.15) is 8.78 Å². The Balaban J connectivity index is 2.56. The minimum absolute atomic E-state index is 0.0943. The molecule has 0 saturated heterocycles. The molecule has 0 fully saturated rings. The number of carboxylic acids is 1. The summed E-state index contributed by atoms with van der Waals surface area (Å²) in [4.78, 5) is 11.1. The molecular formula is C16H14F2O3. The lowest BCUT2D eigenvalue weighted by atomic mass is 9.97. The van der Waals surface area contributed by atoms with Crippen LogP contribution in [0, 0.1) is 13.8 Å². The first-order valence-electron chi connectivity index (χ1n) is 6.27. The summed E-state index contributed by atoms with van der Waals surface area (Å²) in [5, 5.41) is 9.09. The topological polar surface area (TPSA) is 46.5 Å². The summed E-state index contributed by atoms with van der Waals surface area (Å²) in [5.74, 6) is -1.36. The quantitative estimate of drug-likeness (QED) is 0.915. The van der Waals surface area contributed by atoms with Gasteiger partial charge in [0.05, 0.1) is 5.56 Å². The normalized spacial score (nSPS) is 10.7. The van der Waals surface area contributed by atoms with E-state index in [1.54, 1.807) is 0 Å². The zero-order chi connectivity index (χ0) is 15.6. The van der Waals surface area contributed by atoms with Crippen LogP contribution in [0.3, 0.4) is 0 Å². The van der Waals surface area contributed by atoms with Gasteiger partial charge in [0.25, 0.3) is 0 Å². The number of carbonyl (C=O) groups is 1. The molecule has 0 radical (unpaired) electrons. The van der Waals surface area contributed by atoms with E-state index in [9.17, 15) is 13.6 Å². The minimum atomic E-state index is -3.00. The highest BCUT2D eigenvalue weighted by molar-refractivity contribution is 5.90. The first kappa shape index (κ1) is 15.0. The van der Waals surface area contributed by atoms with Gasteiger partial charge in [0.1, 0.15) is 5.75 Å². The van der Waals surface area contributed by atoms with Crippen LogP contribution >= 0.6 is 0 Å². The summed E-state index contributed by atoms with van der Waals surface area (Å²) in [6, 6.07) is 9.59. The van der Waals surface area contributed by atoms with E-state index in [1.165, 1.54) is 12.1 Å². The summed E-state index contributed by atoms with van der Waals surface area (Å²) < 4.78 is 29.0. The Hall–Kier alpha value is -2.43. The number of ether oxygens (including phenoxy) is 1. The lowest BCUT2D eigenvalue weighted by molar-refractivity contribution is -0.0498. The Kier molecular flexibility index (Phi) is 4.21. The fourth-order valence-electron chi connectivity index (χ4n) is 2.19. The number of carboxylic acid groups (broad SMARTS) is 1. The maximum Gasteiger partial charge on any atom is 0.387 e. The Morgan fingerprint density at radius 3 is 2.43 bits per heavy atom. The number of halogens is 2. The highest BCUT2D eigenvalue weighted by Gasteiger charge is 2.13. The third kappa shape index (κ3) is 3.56. The van der Waals surface area contributed by atoms with E-state index in [0.717, 1.165) is 22.8 Å². The zero-order valence-electron chi connectivity index (χ0n) is 11.6. The third-order valence-electron chi connectivity index (χ3n) is 3.07. The number of rotatable bonds is 4. The molecule has 0 atom stereocenters. The van der Waals surface area contributed by atoms with E-state index < -0.39 is 12.6 Å². The monoisotopic (exact) mass is 292 g/mol. The van der Waals surface area contributed by atoms with Crippen LogP contribution in [0.1, 0.15) is 21.5 Å². The van der Waals surface area contributed by atoms with Gasteiger partial charge in [0.15, 0.2) is 0 Å². The number of hydrogen-bond acceptors (Lipinski definition) is 2. The Bertz CT molecular complexity index is 681. The summed E-state index contributed by atoms with van der Waals surface area (Å²) in [7, 11) is 0. The Morgan fingerprint density at radius 1 is 1.14 bits per heavy atom. The molecule has 0 heterocycles. The molecule has 0 saturated carbocycles. The molecule has 0 aliphatic heterocycles. The van der Waals surface area contributed by atoms with Crippen molar-refractivity contribution in [3.8, 4) is 16.9 Å². The van der Waals surface area contributed by atoms with Crippen molar-refractivity contribution in [1.29, 1.82) is 0 Å². The fourth-order valence-corrected chi connectivity index (χ4v) is 2.19. The summed E-state index contributed by atoms with van der Waals surface area (Å²) >= 11 is 0. The zero-order valence-corrected chi connectivity index (χ0v) is 11.6. The van der Waals surface area contributed by atoms with Crippen LogP contribution in [0.4, 0.5) is 8.78 Å². The first-order chi connectivity index (χ1) is 9.86. The lowest BCUT2D eigenvalue weighted by Crippen LogP contribution is -2.04. The number of benzene rings is 2. The van der Waals surface area contributed by atoms with Crippen molar-refractivity contribution in [3.05, 3.63) is 53.1 Å². The van der Waals surface area contributed by atoms with Crippen molar-refractivity contribution < 1.29 is 23.4 Å². The number of aromatic carboxylic acids is 1. The molecule has 21 heavy (non-hydrogen) atoms. The van der Waals surface area contributed by atoms with Gasteiger partial charge in [0.2, 0.25) is 0 Å². The maximum absolute atomic E-state index is 12.4. The number of aryl methyl sites for hydroxylation is 2. The first-order valence-corrected chi connectivity index (χ1v) is 6.27. The van der Waals surface area contributed by atoms with Gasteiger partial charge < -0.3 is 9.84 Å². The summed E-state index contributed by atoms with van der Waals surface area (Å²) in [6.45, 7) is 0.820. The second-order valence-electron chi connectivity index (χ2n) is 4.75. The minimum Gasteiger partial charge on any atom is -0.478 e. The molecule has 1 N–H and O–H groups in total. The van der Waals surface area contributed by atoms with Crippen LogP contribution in [0.5, 0.6) is 5.75 Å². The molecular weight excluding hydrogens is 278 g/mol. The molecule has 2 aromatic rings. The second kappa shape index (κ2) is 5.91. The van der Waals surface area contributed by atoms with Crippen LogP contribution in [-0.4, -0.2) is 17.7 Å². The fraction of sp³-hybridized carbons (Fsp3) is 0.188. The number of alkyl halides is 2. The van der Waals surface area contributed by atoms with Crippen molar-refractivity contribution >= 4 is 5.97 Å². The van der Waals surface area contributed by atoms with Crippen LogP contribution < -0.4 is 4.74 Å². The molecule has 0 aromatic heterocycles. The van der Waals surface area contributed by atoms with E-state index in [-0.39, 0.29) is 11.3 Å². The van der Waals surface area contributed by atoms with Gasteiger partial charge in [0, 0.05) is 0 Å². The van der Waals surface area contributed by atoms with Gasteiger partial charge >= 0.3 is 12.6 Å². The van der Waals surface area contributed by atoms with Crippen molar-refractivity contribution in [2.75, 3.05) is 0 Å². The molecule has 110 valence electrons. The molecule has 0 spiro atoms. The average molecular weight is 292 g/mol. The predicted octanol–water partition coefficient (Wildman–Crippen LogP) is 4.27. The Labute approximate surface area is 120 Å². The van der Waals surface area contributed by atoms with E-state index in [1.807, 2.05) is 32.0 Å². The SMILES string of the molecule is Cc1ccc(-c2cc(OC(F)F)cc(C(=O)O)c2)c(C)c1.